The number of nitrogens with two attached hydrogens (primary N) is 1. The number of fused-ring (bicyclic) bond motifs is 1. The molecule has 1 aliphatic rings. The Morgan fingerprint density at radius 2 is 2.14 bits per heavy atom. The van der Waals surface area contributed by atoms with Gasteiger partial charge in [-0.2, -0.15) is 0 Å². The largest absolute Gasteiger partial charge is 0.336 e. The molecule has 1 amide bonds. The predicted octanol–water partition coefficient (Wildman–Crippen LogP) is 1.48. The number of para-hydroxylation sites is 1. The number of pyridine rings is 1. The lowest BCUT2D eigenvalue weighted by atomic mass is 9.97. The van der Waals surface area contributed by atoms with Crippen molar-refractivity contribution in [2.24, 2.45) is 5.73 Å². The normalized spacial score (nSPS) is 22.5. The van der Waals surface area contributed by atoms with E-state index in [0.29, 0.717) is 17.6 Å². The summed E-state index contributed by atoms with van der Waals surface area (Å²) in [6.07, 6.45) is 1.60. The van der Waals surface area contributed by atoms with E-state index in [1.54, 1.807) is 0 Å². The third kappa shape index (κ3) is 2.56. The monoisotopic (exact) mass is 285 g/mol. The Bertz CT molecular complexity index is 738. The van der Waals surface area contributed by atoms with Gasteiger partial charge in [0.15, 0.2) is 0 Å². The number of H-pyrrole nitrogens is 1. The molecule has 3 rings (SSSR count). The number of likely N-dealkylation sites (tertiary alicyclic amines) is 1. The maximum absolute atomic E-state index is 12.8. The maximum Gasteiger partial charge on any atom is 0.254 e. The third-order valence-electron chi connectivity index (χ3n) is 4.16. The number of piperidine rings is 1. The van der Waals surface area contributed by atoms with E-state index >= 15 is 0 Å². The number of nitrogens with zero attached hydrogens (tertiary/aromatic N) is 1. The number of aromatic nitrogens is 1. The number of carbonyl (C=O) groups excluding carboxylic acids is 1. The van der Waals surface area contributed by atoms with Gasteiger partial charge in [0, 0.05) is 35.6 Å². The van der Waals surface area contributed by atoms with Crippen LogP contribution in [0.4, 0.5) is 0 Å². The average Bonchev–Trinajstić information content (AvgIpc) is 2.45. The van der Waals surface area contributed by atoms with Gasteiger partial charge in [0.25, 0.3) is 5.91 Å². The molecule has 1 aliphatic heterocycles. The minimum atomic E-state index is -0.251. The molecule has 3 N–H and O–H groups in total. The minimum absolute atomic E-state index is 0.0864. The second-order valence-corrected chi connectivity index (χ2v) is 5.72. The Hall–Kier alpha value is -2.14. The van der Waals surface area contributed by atoms with E-state index in [2.05, 4.69) is 4.98 Å². The van der Waals surface area contributed by atoms with Crippen molar-refractivity contribution in [1.29, 1.82) is 0 Å². The van der Waals surface area contributed by atoms with Gasteiger partial charge in [0.2, 0.25) is 5.56 Å². The molecular formula is C16H19N3O2. The lowest BCUT2D eigenvalue weighted by Crippen LogP contribution is -2.48. The highest BCUT2D eigenvalue weighted by molar-refractivity contribution is 6.06. The van der Waals surface area contributed by atoms with Crippen molar-refractivity contribution in [3.05, 3.63) is 46.2 Å². The van der Waals surface area contributed by atoms with Crippen LogP contribution in [0, 0.1) is 0 Å². The number of nitrogens with one attached hydrogen (secondary N) is 1. The summed E-state index contributed by atoms with van der Waals surface area (Å²) < 4.78 is 0. The highest BCUT2D eigenvalue weighted by Crippen LogP contribution is 2.22. The second kappa shape index (κ2) is 5.33. The molecule has 21 heavy (non-hydrogen) atoms. The molecule has 0 bridgehead atoms. The Kier molecular flexibility index (Phi) is 3.51. The summed E-state index contributed by atoms with van der Waals surface area (Å²) in [6, 6.07) is 9.02. The Labute approximate surface area is 122 Å². The quantitative estimate of drug-likeness (QED) is 0.833. The van der Waals surface area contributed by atoms with Crippen molar-refractivity contribution in [2.75, 3.05) is 6.54 Å². The summed E-state index contributed by atoms with van der Waals surface area (Å²) in [5, 5.41) is 0.782. The van der Waals surface area contributed by atoms with Gasteiger partial charge in [-0.05, 0) is 25.8 Å². The van der Waals surface area contributed by atoms with Crippen molar-refractivity contribution in [3.8, 4) is 0 Å². The van der Waals surface area contributed by atoms with Crippen LogP contribution in [-0.4, -0.2) is 34.4 Å². The molecule has 2 heterocycles. The van der Waals surface area contributed by atoms with Crippen LogP contribution in [0.5, 0.6) is 0 Å². The zero-order valence-electron chi connectivity index (χ0n) is 12.0. The van der Waals surface area contributed by atoms with Crippen LogP contribution >= 0.6 is 0 Å². The van der Waals surface area contributed by atoms with E-state index < -0.39 is 0 Å². The van der Waals surface area contributed by atoms with E-state index in [1.807, 2.05) is 36.1 Å². The summed E-state index contributed by atoms with van der Waals surface area (Å²) in [5.41, 5.74) is 6.86. The number of rotatable bonds is 1. The van der Waals surface area contributed by atoms with E-state index in [-0.39, 0.29) is 23.6 Å². The van der Waals surface area contributed by atoms with Crippen LogP contribution in [0.3, 0.4) is 0 Å². The first-order valence-electron chi connectivity index (χ1n) is 7.25. The van der Waals surface area contributed by atoms with Crippen LogP contribution in [0.2, 0.25) is 0 Å². The fourth-order valence-corrected chi connectivity index (χ4v) is 3.05. The van der Waals surface area contributed by atoms with Crippen molar-refractivity contribution < 1.29 is 4.79 Å². The zero-order chi connectivity index (χ0) is 15.0. The minimum Gasteiger partial charge on any atom is -0.336 e. The fraction of sp³-hybridized carbons (Fsp3) is 0.375. The molecule has 0 saturated carbocycles. The van der Waals surface area contributed by atoms with E-state index in [4.69, 9.17) is 5.73 Å². The summed E-state index contributed by atoms with van der Waals surface area (Å²) >= 11 is 0. The Balaban J connectivity index is 2.04. The zero-order valence-corrected chi connectivity index (χ0v) is 12.0. The molecule has 0 aliphatic carbocycles. The lowest BCUT2D eigenvalue weighted by Gasteiger charge is -2.36. The van der Waals surface area contributed by atoms with Crippen LogP contribution < -0.4 is 11.3 Å². The van der Waals surface area contributed by atoms with E-state index in [0.717, 1.165) is 18.2 Å². The Morgan fingerprint density at radius 1 is 1.38 bits per heavy atom. The molecule has 1 fully saturated rings. The number of carbonyl (C=O) groups is 1. The van der Waals surface area contributed by atoms with Crippen LogP contribution in [-0.2, 0) is 0 Å². The first-order valence-corrected chi connectivity index (χ1v) is 7.25. The smallest absolute Gasteiger partial charge is 0.254 e. The van der Waals surface area contributed by atoms with Gasteiger partial charge in [-0.3, -0.25) is 9.59 Å². The molecular weight excluding hydrogens is 266 g/mol. The molecule has 2 unspecified atom stereocenters. The number of benzene rings is 1. The Morgan fingerprint density at radius 3 is 2.90 bits per heavy atom. The summed E-state index contributed by atoms with van der Waals surface area (Å²) in [6.45, 7) is 2.65. The SMILES string of the molecule is CC1CC(N)CCN1C(=O)c1cc(=O)[nH]c2ccccc12. The number of aromatic amines is 1. The standard InChI is InChI=1S/C16H19N3O2/c1-10-8-11(17)6-7-19(10)16(21)13-9-15(20)18-14-5-3-2-4-12(13)14/h2-5,9-11H,6-8,17H2,1H3,(H,18,20). The fourth-order valence-electron chi connectivity index (χ4n) is 3.05. The highest BCUT2D eigenvalue weighted by Gasteiger charge is 2.28. The molecule has 2 aromatic rings. The average molecular weight is 285 g/mol. The molecule has 1 aromatic heterocycles. The van der Waals surface area contributed by atoms with E-state index in [1.165, 1.54) is 6.07 Å². The molecule has 5 nitrogen and oxygen atoms in total. The molecule has 110 valence electrons. The molecule has 2 atom stereocenters. The molecule has 0 radical (unpaired) electrons. The lowest BCUT2D eigenvalue weighted by molar-refractivity contribution is 0.0621. The van der Waals surface area contributed by atoms with Crippen LogP contribution in [0.15, 0.2) is 35.1 Å². The van der Waals surface area contributed by atoms with Crippen molar-refractivity contribution in [3.63, 3.8) is 0 Å². The van der Waals surface area contributed by atoms with Crippen molar-refractivity contribution in [2.45, 2.75) is 31.8 Å². The molecule has 1 aromatic carbocycles. The number of hydrogen-bond acceptors (Lipinski definition) is 3. The van der Waals surface area contributed by atoms with Gasteiger partial charge in [0.05, 0.1) is 5.56 Å². The first-order chi connectivity index (χ1) is 10.1. The topological polar surface area (TPSA) is 79.2 Å². The van der Waals surface area contributed by atoms with Crippen molar-refractivity contribution in [1.82, 2.24) is 9.88 Å². The van der Waals surface area contributed by atoms with Crippen LogP contribution in [0.25, 0.3) is 10.9 Å². The van der Waals surface area contributed by atoms with Gasteiger partial charge >= 0.3 is 0 Å². The highest BCUT2D eigenvalue weighted by atomic mass is 16.2. The molecule has 1 saturated heterocycles. The van der Waals surface area contributed by atoms with Gasteiger partial charge < -0.3 is 15.6 Å². The summed E-state index contributed by atoms with van der Waals surface area (Å²) in [7, 11) is 0. The van der Waals surface area contributed by atoms with E-state index in [9.17, 15) is 9.59 Å². The molecule has 0 spiro atoms. The third-order valence-corrected chi connectivity index (χ3v) is 4.16. The van der Waals surface area contributed by atoms with Gasteiger partial charge in [-0.25, -0.2) is 0 Å². The van der Waals surface area contributed by atoms with Gasteiger partial charge in [-0.1, -0.05) is 18.2 Å². The number of amides is 1. The van der Waals surface area contributed by atoms with Gasteiger partial charge in [-0.15, -0.1) is 0 Å². The van der Waals surface area contributed by atoms with Crippen molar-refractivity contribution >= 4 is 16.8 Å². The molecule has 5 heteroatoms. The summed E-state index contributed by atoms with van der Waals surface area (Å²) in [4.78, 5) is 29.2. The van der Waals surface area contributed by atoms with Gasteiger partial charge in [0.1, 0.15) is 0 Å². The number of hydrogen-bond donors (Lipinski definition) is 2. The van der Waals surface area contributed by atoms with Crippen LogP contribution in [0.1, 0.15) is 30.1 Å². The first kappa shape index (κ1) is 13.8. The maximum atomic E-state index is 12.8. The second-order valence-electron chi connectivity index (χ2n) is 5.72. The predicted molar refractivity (Wildman–Crippen MR) is 82.3 cm³/mol. The summed E-state index contributed by atoms with van der Waals surface area (Å²) in [5.74, 6) is -0.0864.